The number of piperidine rings is 1. The highest BCUT2D eigenvalue weighted by atomic mass is 16.5. The highest BCUT2D eigenvalue weighted by Gasteiger charge is 2.39. The Morgan fingerprint density at radius 1 is 1.26 bits per heavy atom. The van der Waals surface area contributed by atoms with Gasteiger partial charge in [-0.15, -0.1) is 0 Å². The molecule has 1 aromatic rings. The van der Waals surface area contributed by atoms with E-state index in [4.69, 9.17) is 4.74 Å². The summed E-state index contributed by atoms with van der Waals surface area (Å²) in [5.74, 6) is 0. The van der Waals surface area contributed by atoms with E-state index in [0.717, 1.165) is 45.5 Å². The fourth-order valence-corrected chi connectivity index (χ4v) is 4.65. The molecule has 2 N–H and O–H groups in total. The molecular weight excluding hydrogens is 288 g/mol. The maximum absolute atomic E-state index is 6.22. The van der Waals surface area contributed by atoms with Crippen molar-refractivity contribution >= 4 is 0 Å². The van der Waals surface area contributed by atoms with Crippen molar-refractivity contribution in [2.75, 3.05) is 26.7 Å². The van der Waals surface area contributed by atoms with Crippen molar-refractivity contribution in [1.82, 2.24) is 20.4 Å². The third-order valence-electron chi connectivity index (χ3n) is 6.15. The smallest absolute Gasteiger partial charge is 0.0797 e. The number of nitrogens with one attached hydrogen (secondary N) is 2. The van der Waals surface area contributed by atoms with Crippen molar-refractivity contribution in [2.45, 2.75) is 69.6 Å². The first-order valence-electron chi connectivity index (χ1n) is 9.36. The van der Waals surface area contributed by atoms with Crippen LogP contribution in [0.15, 0.2) is 0 Å². The lowest BCUT2D eigenvalue weighted by Gasteiger charge is -2.46. The molecule has 0 bridgehead atoms. The first kappa shape index (κ1) is 15.6. The fourth-order valence-electron chi connectivity index (χ4n) is 4.65. The van der Waals surface area contributed by atoms with Gasteiger partial charge in [-0.1, -0.05) is 0 Å². The molecule has 1 spiro atoms. The van der Waals surface area contributed by atoms with Crippen molar-refractivity contribution in [2.24, 2.45) is 0 Å². The lowest BCUT2D eigenvalue weighted by molar-refractivity contribution is -0.119. The van der Waals surface area contributed by atoms with Crippen LogP contribution in [0.1, 0.15) is 55.5 Å². The average Bonchev–Trinajstić information content (AvgIpc) is 2.99. The van der Waals surface area contributed by atoms with E-state index < -0.39 is 0 Å². The van der Waals surface area contributed by atoms with Gasteiger partial charge < -0.3 is 10.1 Å². The summed E-state index contributed by atoms with van der Waals surface area (Å²) in [7, 11) is 2.27. The molecule has 3 heterocycles. The average molecular weight is 318 g/mol. The van der Waals surface area contributed by atoms with Crippen LogP contribution in [-0.2, 0) is 24.1 Å². The fraction of sp³-hybridized carbons (Fsp3) is 0.833. The van der Waals surface area contributed by atoms with Gasteiger partial charge in [-0.25, -0.2) is 0 Å². The quantitative estimate of drug-likeness (QED) is 0.895. The van der Waals surface area contributed by atoms with Gasteiger partial charge in [-0.3, -0.25) is 10.00 Å². The van der Waals surface area contributed by atoms with Crippen molar-refractivity contribution in [3.8, 4) is 0 Å². The molecule has 2 fully saturated rings. The number of hydrogen-bond donors (Lipinski definition) is 2. The van der Waals surface area contributed by atoms with E-state index in [1.54, 1.807) is 0 Å². The molecule has 1 atom stereocenters. The zero-order chi connectivity index (χ0) is 15.7. The normalized spacial score (nSPS) is 27.3. The van der Waals surface area contributed by atoms with Gasteiger partial charge in [-0.2, -0.15) is 5.10 Å². The predicted octanol–water partition coefficient (Wildman–Crippen LogP) is 2.02. The molecule has 2 aliphatic heterocycles. The van der Waals surface area contributed by atoms with Crippen molar-refractivity contribution in [3.63, 3.8) is 0 Å². The monoisotopic (exact) mass is 318 g/mol. The first-order valence-corrected chi connectivity index (χ1v) is 9.36. The molecule has 4 rings (SSSR count). The van der Waals surface area contributed by atoms with Crippen molar-refractivity contribution in [1.29, 1.82) is 0 Å². The van der Waals surface area contributed by atoms with E-state index in [-0.39, 0.29) is 5.60 Å². The standard InChI is InChI=1S/C18H30N4O/c1-22(13-17-15-4-2-3-5-16(15)20-21-17)14-6-11-23-18(12-14)7-9-19-10-8-18/h14,19H,2-13H2,1H3,(H,20,21). The summed E-state index contributed by atoms with van der Waals surface area (Å²) in [5.41, 5.74) is 4.31. The first-order chi connectivity index (χ1) is 11.3. The number of H-pyrrole nitrogens is 1. The van der Waals surface area contributed by atoms with Crippen LogP contribution in [0.5, 0.6) is 0 Å². The topological polar surface area (TPSA) is 53.2 Å². The van der Waals surface area contributed by atoms with Crippen LogP contribution in [0.25, 0.3) is 0 Å². The summed E-state index contributed by atoms with van der Waals surface area (Å²) >= 11 is 0. The van der Waals surface area contributed by atoms with Crippen LogP contribution in [0.2, 0.25) is 0 Å². The van der Waals surface area contributed by atoms with Crippen LogP contribution < -0.4 is 5.32 Å². The molecule has 1 aliphatic carbocycles. The van der Waals surface area contributed by atoms with Gasteiger partial charge >= 0.3 is 0 Å². The van der Waals surface area contributed by atoms with Crippen LogP contribution in [0, 0.1) is 0 Å². The van der Waals surface area contributed by atoms with Crippen LogP contribution in [-0.4, -0.2) is 53.5 Å². The van der Waals surface area contributed by atoms with E-state index >= 15 is 0 Å². The second-order valence-electron chi connectivity index (χ2n) is 7.68. The number of aromatic amines is 1. The Balaban J connectivity index is 1.42. The third kappa shape index (κ3) is 3.19. The highest BCUT2D eigenvalue weighted by molar-refractivity contribution is 5.27. The summed E-state index contributed by atoms with van der Waals surface area (Å²) in [4.78, 5) is 2.53. The zero-order valence-corrected chi connectivity index (χ0v) is 14.4. The molecule has 23 heavy (non-hydrogen) atoms. The summed E-state index contributed by atoms with van der Waals surface area (Å²) in [6.07, 6.45) is 9.66. The Morgan fingerprint density at radius 2 is 2.09 bits per heavy atom. The molecule has 0 saturated carbocycles. The number of rotatable bonds is 3. The van der Waals surface area contributed by atoms with Crippen LogP contribution >= 0.6 is 0 Å². The van der Waals surface area contributed by atoms with Crippen molar-refractivity contribution < 1.29 is 4.74 Å². The van der Waals surface area contributed by atoms with Crippen LogP contribution in [0.3, 0.4) is 0 Å². The summed E-state index contributed by atoms with van der Waals surface area (Å²) in [6, 6.07) is 0.623. The minimum Gasteiger partial charge on any atom is -0.375 e. The van der Waals surface area contributed by atoms with Gasteiger partial charge in [0, 0.05) is 24.9 Å². The molecule has 0 amide bonds. The van der Waals surface area contributed by atoms with Crippen molar-refractivity contribution in [3.05, 3.63) is 17.0 Å². The third-order valence-corrected chi connectivity index (χ3v) is 6.15. The molecule has 0 radical (unpaired) electrons. The van der Waals surface area contributed by atoms with Gasteiger partial charge in [0.1, 0.15) is 0 Å². The molecule has 0 aromatic carbocycles. The molecule has 128 valence electrons. The lowest BCUT2D eigenvalue weighted by Crippen LogP contribution is -2.52. The molecular formula is C18H30N4O. The minimum absolute atomic E-state index is 0.132. The van der Waals surface area contributed by atoms with E-state index in [1.165, 1.54) is 49.1 Å². The maximum atomic E-state index is 6.22. The second-order valence-corrected chi connectivity index (χ2v) is 7.68. The number of aromatic nitrogens is 2. The van der Waals surface area contributed by atoms with E-state index in [9.17, 15) is 0 Å². The summed E-state index contributed by atoms with van der Waals surface area (Å²) in [6.45, 7) is 4.09. The number of fused-ring (bicyclic) bond motifs is 1. The Morgan fingerprint density at radius 3 is 2.96 bits per heavy atom. The van der Waals surface area contributed by atoms with E-state index in [2.05, 4.69) is 27.5 Å². The molecule has 5 nitrogen and oxygen atoms in total. The maximum Gasteiger partial charge on any atom is 0.0797 e. The highest BCUT2D eigenvalue weighted by Crippen LogP contribution is 2.35. The van der Waals surface area contributed by atoms with Gasteiger partial charge in [0.2, 0.25) is 0 Å². The van der Waals surface area contributed by atoms with Gasteiger partial charge in [0.25, 0.3) is 0 Å². The molecule has 3 aliphatic rings. The Kier molecular flexibility index (Phi) is 4.43. The molecule has 1 aromatic heterocycles. The number of aryl methyl sites for hydroxylation is 1. The summed E-state index contributed by atoms with van der Waals surface area (Å²) < 4.78 is 6.22. The number of ether oxygens (including phenoxy) is 1. The zero-order valence-electron chi connectivity index (χ0n) is 14.4. The van der Waals surface area contributed by atoms with E-state index in [1.807, 2.05) is 0 Å². The van der Waals surface area contributed by atoms with Gasteiger partial charge in [-0.05, 0) is 77.1 Å². The van der Waals surface area contributed by atoms with E-state index in [0.29, 0.717) is 6.04 Å². The molecule has 1 unspecified atom stereocenters. The Hall–Kier alpha value is -0.910. The van der Waals surface area contributed by atoms with Gasteiger partial charge in [0.05, 0.1) is 11.3 Å². The Labute approximate surface area is 139 Å². The number of nitrogens with zero attached hydrogens (tertiary/aromatic N) is 2. The SMILES string of the molecule is CN(Cc1n[nH]c2c1CCCC2)C1CCOC2(CCNCC2)C1. The molecule has 2 saturated heterocycles. The predicted molar refractivity (Wildman–Crippen MR) is 90.5 cm³/mol. The van der Waals surface area contributed by atoms with Gasteiger partial charge in [0.15, 0.2) is 0 Å². The number of hydrogen-bond acceptors (Lipinski definition) is 4. The Bertz CT molecular complexity index is 530. The van der Waals surface area contributed by atoms with Crippen LogP contribution in [0.4, 0.5) is 0 Å². The largest absolute Gasteiger partial charge is 0.375 e. The second kappa shape index (κ2) is 6.54. The minimum atomic E-state index is 0.132. The summed E-state index contributed by atoms with van der Waals surface area (Å²) in [5, 5.41) is 11.4. The molecule has 5 heteroatoms. The lowest BCUT2D eigenvalue weighted by atomic mass is 9.82.